The highest BCUT2D eigenvalue weighted by Crippen LogP contribution is 2.08. The molecule has 1 aliphatic rings. The number of allylic oxidation sites excluding steroid dienone is 1. The molecule has 0 saturated heterocycles. The van der Waals surface area contributed by atoms with E-state index in [0.29, 0.717) is 12.8 Å². The number of nitriles is 1. The molecule has 0 amide bonds. The number of dihydropyridines is 1. The first-order valence-electron chi connectivity index (χ1n) is 3.10. The van der Waals surface area contributed by atoms with Gasteiger partial charge in [-0.2, -0.15) is 5.26 Å². The Morgan fingerprint density at radius 1 is 1.90 bits per heavy atom. The summed E-state index contributed by atoms with van der Waals surface area (Å²) in [5.41, 5.74) is 0.896. The number of nitrogens with zero attached hydrogens (tertiary/aromatic N) is 2. The highest BCUT2D eigenvalue weighted by Gasteiger charge is 2.03. The fourth-order valence-electron chi connectivity index (χ4n) is 0.761. The second-order valence-electron chi connectivity index (χ2n) is 2.11. The molecule has 0 bridgehead atoms. The van der Waals surface area contributed by atoms with Gasteiger partial charge in [0.15, 0.2) is 0 Å². The van der Waals surface area contributed by atoms with E-state index in [1.807, 2.05) is 12.1 Å². The van der Waals surface area contributed by atoms with Crippen molar-refractivity contribution in [2.45, 2.75) is 19.1 Å². The molecule has 10 heavy (non-hydrogen) atoms. The molecular formula is C7H8N2O. The van der Waals surface area contributed by atoms with Crippen LogP contribution in [0.2, 0.25) is 0 Å². The molecule has 0 aromatic carbocycles. The van der Waals surface area contributed by atoms with Crippen LogP contribution in [0.5, 0.6) is 0 Å². The smallest absolute Gasteiger partial charge is 0.148 e. The van der Waals surface area contributed by atoms with E-state index in [0.717, 1.165) is 5.57 Å². The molecule has 52 valence electrons. The normalized spacial score (nSPS) is 23.6. The molecule has 3 heteroatoms. The van der Waals surface area contributed by atoms with Gasteiger partial charge in [-0.05, 0) is 5.57 Å². The van der Waals surface area contributed by atoms with E-state index in [9.17, 15) is 0 Å². The highest BCUT2D eigenvalue weighted by molar-refractivity contribution is 5.79. The van der Waals surface area contributed by atoms with Gasteiger partial charge in [-0.3, -0.25) is 4.99 Å². The van der Waals surface area contributed by atoms with Crippen LogP contribution in [0.4, 0.5) is 0 Å². The molecule has 0 aromatic rings. The van der Waals surface area contributed by atoms with Crippen molar-refractivity contribution >= 4 is 6.21 Å². The molecule has 1 rings (SSSR count). The van der Waals surface area contributed by atoms with Gasteiger partial charge >= 0.3 is 0 Å². The summed E-state index contributed by atoms with van der Waals surface area (Å²) in [6, 6.07) is 2.01. The summed E-state index contributed by atoms with van der Waals surface area (Å²) in [7, 11) is 0. The van der Waals surface area contributed by atoms with Gasteiger partial charge in [-0.1, -0.05) is 6.08 Å². The van der Waals surface area contributed by atoms with Crippen LogP contribution >= 0.6 is 0 Å². The minimum Gasteiger partial charge on any atom is -0.371 e. The summed E-state index contributed by atoms with van der Waals surface area (Å²) in [4.78, 5) is 3.74. The van der Waals surface area contributed by atoms with Gasteiger partial charge in [0.2, 0.25) is 0 Å². The Bertz CT molecular complexity index is 212. The maximum absolute atomic E-state index is 8.87. The third kappa shape index (κ3) is 1.67. The summed E-state index contributed by atoms with van der Waals surface area (Å²) < 4.78 is 0. The van der Waals surface area contributed by atoms with Crippen LogP contribution < -0.4 is 0 Å². The third-order valence-corrected chi connectivity index (χ3v) is 1.29. The zero-order valence-corrected chi connectivity index (χ0v) is 5.49. The van der Waals surface area contributed by atoms with Gasteiger partial charge in [0.05, 0.1) is 12.5 Å². The van der Waals surface area contributed by atoms with Gasteiger partial charge in [0.1, 0.15) is 6.23 Å². The number of rotatable bonds is 1. The molecule has 1 aliphatic heterocycles. The van der Waals surface area contributed by atoms with Crippen molar-refractivity contribution in [2.75, 3.05) is 0 Å². The summed E-state index contributed by atoms with van der Waals surface area (Å²) in [6.45, 7) is 0. The van der Waals surface area contributed by atoms with Crippen molar-refractivity contribution in [1.82, 2.24) is 0 Å². The first-order chi connectivity index (χ1) is 4.83. The lowest BCUT2D eigenvalue weighted by Crippen LogP contribution is -2.06. The van der Waals surface area contributed by atoms with Crippen LogP contribution in [0.15, 0.2) is 16.6 Å². The molecule has 0 spiro atoms. The lowest BCUT2D eigenvalue weighted by molar-refractivity contribution is 0.187. The van der Waals surface area contributed by atoms with E-state index in [4.69, 9.17) is 10.4 Å². The molecule has 0 aliphatic carbocycles. The van der Waals surface area contributed by atoms with E-state index in [2.05, 4.69) is 4.99 Å². The molecule has 1 heterocycles. The Hall–Kier alpha value is -1.14. The topological polar surface area (TPSA) is 56.4 Å². The summed E-state index contributed by atoms with van der Waals surface area (Å²) >= 11 is 0. The molecule has 0 fully saturated rings. The van der Waals surface area contributed by atoms with E-state index in [1.54, 1.807) is 6.21 Å². The zero-order chi connectivity index (χ0) is 7.40. The van der Waals surface area contributed by atoms with Crippen molar-refractivity contribution in [3.05, 3.63) is 11.6 Å². The van der Waals surface area contributed by atoms with Gasteiger partial charge in [0, 0.05) is 12.6 Å². The monoisotopic (exact) mass is 136 g/mol. The van der Waals surface area contributed by atoms with E-state index in [-0.39, 0.29) is 0 Å². The fourth-order valence-corrected chi connectivity index (χ4v) is 0.761. The zero-order valence-electron chi connectivity index (χ0n) is 5.49. The summed E-state index contributed by atoms with van der Waals surface area (Å²) in [5, 5.41) is 17.1. The predicted molar refractivity (Wildman–Crippen MR) is 37.4 cm³/mol. The molecule has 1 atom stereocenters. The Balaban J connectivity index is 2.52. The van der Waals surface area contributed by atoms with Crippen LogP contribution in [0.25, 0.3) is 0 Å². The number of hydrogen-bond acceptors (Lipinski definition) is 3. The first-order valence-corrected chi connectivity index (χ1v) is 3.10. The van der Waals surface area contributed by atoms with Crippen molar-refractivity contribution in [3.8, 4) is 6.07 Å². The molecule has 0 radical (unpaired) electrons. The SMILES string of the molecule is N#CCC1=CCC(O)N=C1. The second kappa shape index (κ2) is 3.14. The molecule has 1 N–H and O–H groups in total. The number of hydrogen-bond donors (Lipinski definition) is 1. The fraction of sp³-hybridized carbons (Fsp3) is 0.429. The van der Waals surface area contributed by atoms with Crippen molar-refractivity contribution < 1.29 is 5.11 Å². The number of aliphatic imine (C=N–C) groups is 1. The quantitative estimate of drug-likeness (QED) is 0.574. The van der Waals surface area contributed by atoms with Crippen LogP contribution in [-0.4, -0.2) is 17.5 Å². The highest BCUT2D eigenvalue weighted by atomic mass is 16.3. The van der Waals surface area contributed by atoms with Crippen LogP contribution in [0, 0.1) is 11.3 Å². The minimum absolute atomic E-state index is 0.385. The minimum atomic E-state index is -0.595. The molecule has 0 aromatic heterocycles. The molecule has 3 nitrogen and oxygen atoms in total. The summed E-state index contributed by atoms with van der Waals surface area (Å²) in [5.74, 6) is 0. The van der Waals surface area contributed by atoms with Crippen molar-refractivity contribution in [2.24, 2.45) is 4.99 Å². The third-order valence-electron chi connectivity index (χ3n) is 1.29. The van der Waals surface area contributed by atoms with Crippen LogP contribution in [0.1, 0.15) is 12.8 Å². The van der Waals surface area contributed by atoms with E-state index < -0.39 is 6.23 Å². The molecule has 0 saturated carbocycles. The van der Waals surface area contributed by atoms with Gasteiger partial charge in [-0.25, -0.2) is 0 Å². The lowest BCUT2D eigenvalue weighted by atomic mass is 10.1. The number of aliphatic hydroxyl groups excluding tert-OH is 1. The Kier molecular flexibility index (Phi) is 2.19. The van der Waals surface area contributed by atoms with E-state index in [1.165, 1.54) is 0 Å². The Labute approximate surface area is 59.3 Å². The second-order valence-corrected chi connectivity index (χ2v) is 2.11. The summed E-state index contributed by atoms with van der Waals surface area (Å²) in [6.07, 6.45) is 3.71. The molecule has 1 unspecified atom stereocenters. The van der Waals surface area contributed by atoms with Crippen LogP contribution in [-0.2, 0) is 0 Å². The van der Waals surface area contributed by atoms with Crippen molar-refractivity contribution in [1.29, 1.82) is 5.26 Å². The molecular weight excluding hydrogens is 128 g/mol. The average Bonchev–Trinajstić information content (AvgIpc) is 1.95. The standard InChI is InChI=1S/C7H8N2O/c8-4-3-6-1-2-7(10)9-5-6/h1,5,7,10H,2-3H2. The Morgan fingerprint density at radius 2 is 2.70 bits per heavy atom. The van der Waals surface area contributed by atoms with Crippen LogP contribution in [0.3, 0.4) is 0 Å². The van der Waals surface area contributed by atoms with Crippen molar-refractivity contribution in [3.63, 3.8) is 0 Å². The first kappa shape index (κ1) is 6.97. The maximum Gasteiger partial charge on any atom is 0.148 e. The van der Waals surface area contributed by atoms with E-state index >= 15 is 0 Å². The maximum atomic E-state index is 8.87. The van der Waals surface area contributed by atoms with Gasteiger partial charge in [0.25, 0.3) is 0 Å². The Morgan fingerprint density at radius 3 is 3.20 bits per heavy atom. The largest absolute Gasteiger partial charge is 0.371 e. The number of aliphatic hydroxyl groups is 1. The predicted octanol–water partition coefficient (Wildman–Crippen LogP) is 0.619. The van der Waals surface area contributed by atoms with Gasteiger partial charge in [-0.15, -0.1) is 0 Å². The average molecular weight is 136 g/mol. The van der Waals surface area contributed by atoms with Gasteiger partial charge < -0.3 is 5.11 Å². The lowest BCUT2D eigenvalue weighted by Gasteiger charge is -2.07.